The third-order valence-corrected chi connectivity index (χ3v) is 6.53. The zero-order valence-electron chi connectivity index (χ0n) is 18.9. The Morgan fingerprint density at radius 3 is 2.66 bits per heavy atom. The largest absolute Gasteiger partial charge is 0.444 e. The Bertz CT molecular complexity index is 1060. The van der Waals surface area contributed by atoms with Crippen LogP contribution in [-0.4, -0.2) is 40.1 Å². The van der Waals surface area contributed by atoms with Crippen molar-refractivity contribution in [3.8, 4) is 6.07 Å². The second kappa shape index (κ2) is 8.42. The number of nitrogens with zero attached hydrogens (tertiary/aromatic N) is 3. The summed E-state index contributed by atoms with van der Waals surface area (Å²) in [4.78, 5) is 32.2. The van der Waals surface area contributed by atoms with Crippen LogP contribution in [0.1, 0.15) is 64.5 Å². The molecule has 1 aromatic carbocycles. The quantitative estimate of drug-likeness (QED) is 0.768. The number of ether oxygens (including phenoxy) is 1. The predicted molar refractivity (Wildman–Crippen MR) is 120 cm³/mol. The van der Waals surface area contributed by atoms with Gasteiger partial charge in [-0.15, -0.1) is 0 Å². The second-order valence-electron chi connectivity index (χ2n) is 10.1. The molecule has 1 aliphatic heterocycles. The fourth-order valence-electron chi connectivity index (χ4n) is 5.08. The number of pyridine rings is 1. The van der Waals surface area contributed by atoms with Gasteiger partial charge < -0.3 is 10.1 Å². The first kappa shape index (κ1) is 22.1. The Kier molecular flexibility index (Phi) is 5.81. The monoisotopic (exact) mass is 434 g/mol. The van der Waals surface area contributed by atoms with Crippen LogP contribution >= 0.6 is 0 Å². The summed E-state index contributed by atoms with van der Waals surface area (Å²) in [7, 11) is 0. The van der Waals surface area contributed by atoms with Gasteiger partial charge in [-0.2, -0.15) is 5.26 Å². The van der Waals surface area contributed by atoms with Crippen molar-refractivity contribution in [2.75, 3.05) is 6.54 Å². The van der Waals surface area contributed by atoms with Gasteiger partial charge in [0.25, 0.3) is 0 Å². The third-order valence-electron chi connectivity index (χ3n) is 6.53. The van der Waals surface area contributed by atoms with E-state index >= 15 is 0 Å². The van der Waals surface area contributed by atoms with E-state index in [2.05, 4.69) is 16.4 Å². The number of likely N-dealkylation sites (tertiary alicyclic amines) is 1. The van der Waals surface area contributed by atoms with E-state index in [1.54, 1.807) is 17.3 Å². The number of fused-ring (bicyclic) bond motifs is 1. The van der Waals surface area contributed by atoms with E-state index in [4.69, 9.17) is 4.74 Å². The van der Waals surface area contributed by atoms with Crippen LogP contribution in [0.3, 0.4) is 0 Å². The Morgan fingerprint density at radius 2 is 1.97 bits per heavy atom. The maximum Gasteiger partial charge on any atom is 0.410 e. The predicted octanol–water partition coefficient (Wildman–Crippen LogP) is 4.49. The average Bonchev–Trinajstić information content (AvgIpc) is 3.37. The normalized spacial score (nSPS) is 20.8. The van der Waals surface area contributed by atoms with Gasteiger partial charge in [-0.05, 0) is 50.8 Å². The summed E-state index contributed by atoms with van der Waals surface area (Å²) < 4.78 is 5.61. The molecule has 0 radical (unpaired) electrons. The highest BCUT2D eigenvalue weighted by Gasteiger charge is 2.51. The van der Waals surface area contributed by atoms with Crippen molar-refractivity contribution >= 4 is 22.8 Å². The molecule has 2 unspecified atom stereocenters. The number of nitriles is 1. The highest BCUT2D eigenvalue weighted by atomic mass is 16.6. The number of aromatic nitrogens is 1. The molecule has 1 saturated heterocycles. The maximum absolute atomic E-state index is 13.4. The molecule has 2 aliphatic rings. The van der Waals surface area contributed by atoms with Gasteiger partial charge >= 0.3 is 6.09 Å². The van der Waals surface area contributed by atoms with Crippen molar-refractivity contribution in [2.45, 2.75) is 70.6 Å². The first-order valence-electron chi connectivity index (χ1n) is 11.2. The standard InChI is InChI=1S/C25H30N4O3/c1-24(2,3)32-23(31)29-16-25(10-6-7-11-25)12-21(29)22(30)28-20(13-26)19-15-27-14-17-8-4-5-9-18(17)19/h4-5,8-9,14-15,20-21H,6-7,10-12,16H2,1-3H3,(H,28,30). The zero-order valence-corrected chi connectivity index (χ0v) is 18.9. The second-order valence-corrected chi connectivity index (χ2v) is 10.1. The molecule has 2 fully saturated rings. The van der Waals surface area contributed by atoms with E-state index in [9.17, 15) is 14.9 Å². The van der Waals surface area contributed by atoms with E-state index in [-0.39, 0.29) is 11.3 Å². The molecule has 2 amide bonds. The van der Waals surface area contributed by atoms with Gasteiger partial charge in [0.15, 0.2) is 0 Å². The zero-order chi connectivity index (χ0) is 22.9. The molecule has 7 nitrogen and oxygen atoms in total. The van der Waals surface area contributed by atoms with E-state index in [1.807, 2.05) is 45.0 Å². The van der Waals surface area contributed by atoms with Gasteiger partial charge in [0.05, 0.1) is 6.07 Å². The average molecular weight is 435 g/mol. The Balaban J connectivity index is 1.59. The lowest BCUT2D eigenvalue weighted by Crippen LogP contribution is -2.48. The fraction of sp³-hybridized carbons (Fsp3) is 0.520. The minimum Gasteiger partial charge on any atom is -0.444 e. The summed E-state index contributed by atoms with van der Waals surface area (Å²) in [5.74, 6) is -0.320. The Labute approximate surface area is 188 Å². The number of carbonyl (C=O) groups excluding carboxylic acids is 2. The molecule has 1 aromatic heterocycles. The lowest BCUT2D eigenvalue weighted by Gasteiger charge is -2.29. The molecule has 0 bridgehead atoms. The van der Waals surface area contributed by atoms with Crippen molar-refractivity contribution in [3.63, 3.8) is 0 Å². The number of carbonyl (C=O) groups is 2. The number of nitrogens with one attached hydrogen (secondary N) is 1. The molecule has 7 heteroatoms. The van der Waals surface area contributed by atoms with Crippen molar-refractivity contribution in [3.05, 3.63) is 42.2 Å². The molecule has 4 rings (SSSR count). The molecule has 2 atom stereocenters. The molecule has 1 aliphatic carbocycles. The van der Waals surface area contributed by atoms with Crippen LogP contribution in [-0.2, 0) is 9.53 Å². The number of hydrogen-bond donors (Lipinski definition) is 1. The molecular weight excluding hydrogens is 404 g/mol. The summed E-state index contributed by atoms with van der Waals surface area (Å²) in [6.07, 6.45) is 7.72. The SMILES string of the molecule is CC(C)(C)OC(=O)N1CC2(CCCC2)CC1C(=O)NC(C#N)c1cncc2ccccc12. The third kappa shape index (κ3) is 4.40. The smallest absolute Gasteiger partial charge is 0.410 e. The van der Waals surface area contributed by atoms with Crippen LogP contribution in [0, 0.1) is 16.7 Å². The number of amides is 2. The van der Waals surface area contributed by atoms with Crippen molar-refractivity contribution < 1.29 is 14.3 Å². The molecule has 168 valence electrons. The van der Waals surface area contributed by atoms with Crippen LogP contribution in [0.25, 0.3) is 10.8 Å². The molecule has 1 saturated carbocycles. The van der Waals surface area contributed by atoms with Gasteiger partial charge in [0.1, 0.15) is 17.7 Å². The number of benzene rings is 1. The molecule has 1 spiro atoms. The van der Waals surface area contributed by atoms with Crippen LogP contribution in [0.2, 0.25) is 0 Å². The summed E-state index contributed by atoms with van der Waals surface area (Å²) >= 11 is 0. The van der Waals surface area contributed by atoms with Crippen LogP contribution < -0.4 is 5.32 Å². The van der Waals surface area contributed by atoms with Gasteiger partial charge in [-0.3, -0.25) is 14.7 Å². The van der Waals surface area contributed by atoms with Crippen molar-refractivity contribution in [1.82, 2.24) is 15.2 Å². The van der Waals surface area contributed by atoms with E-state index in [1.165, 1.54) is 0 Å². The number of rotatable bonds is 3. The lowest BCUT2D eigenvalue weighted by molar-refractivity contribution is -0.126. The molecule has 1 N–H and O–H groups in total. The number of hydrogen-bond acceptors (Lipinski definition) is 5. The molecule has 2 aromatic rings. The minimum atomic E-state index is -0.860. The lowest BCUT2D eigenvalue weighted by atomic mass is 9.84. The van der Waals surface area contributed by atoms with E-state index < -0.39 is 23.8 Å². The van der Waals surface area contributed by atoms with Gasteiger partial charge in [-0.25, -0.2) is 4.79 Å². The summed E-state index contributed by atoms with van der Waals surface area (Å²) in [5.41, 5.74) is -0.0357. The van der Waals surface area contributed by atoms with Crippen molar-refractivity contribution in [2.24, 2.45) is 5.41 Å². The van der Waals surface area contributed by atoms with Gasteiger partial charge in [0, 0.05) is 29.9 Å². The highest BCUT2D eigenvalue weighted by molar-refractivity contribution is 5.89. The van der Waals surface area contributed by atoms with E-state index in [0.717, 1.165) is 36.5 Å². The summed E-state index contributed by atoms with van der Waals surface area (Å²) in [6, 6.07) is 8.33. The van der Waals surface area contributed by atoms with Crippen molar-refractivity contribution in [1.29, 1.82) is 5.26 Å². The highest BCUT2D eigenvalue weighted by Crippen LogP contribution is 2.48. The summed E-state index contributed by atoms with van der Waals surface area (Å²) in [6.45, 7) is 5.98. The van der Waals surface area contributed by atoms with Crippen LogP contribution in [0.15, 0.2) is 36.7 Å². The van der Waals surface area contributed by atoms with Crippen LogP contribution in [0.4, 0.5) is 4.79 Å². The van der Waals surface area contributed by atoms with Gasteiger partial charge in [-0.1, -0.05) is 37.1 Å². The molecule has 2 heterocycles. The first-order chi connectivity index (χ1) is 15.2. The summed E-state index contributed by atoms with van der Waals surface area (Å²) in [5, 5.41) is 14.5. The van der Waals surface area contributed by atoms with E-state index in [0.29, 0.717) is 18.5 Å². The maximum atomic E-state index is 13.4. The Hall–Kier alpha value is -3.14. The Morgan fingerprint density at radius 1 is 1.25 bits per heavy atom. The van der Waals surface area contributed by atoms with Gasteiger partial charge in [0.2, 0.25) is 5.91 Å². The minimum absolute atomic E-state index is 0.0396. The fourth-order valence-corrected chi connectivity index (χ4v) is 5.08. The molecular formula is C25H30N4O3. The van der Waals surface area contributed by atoms with Crippen LogP contribution in [0.5, 0.6) is 0 Å². The molecule has 32 heavy (non-hydrogen) atoms. The first-order valence-corrected chi connectivity index (χ1v) is 11.2. The topological polar surface area (TPSA) is 95.3 Å².